The van der Waals surface area contributed by atoms with Crippen molar-refractivity contribution in [3.63, 3.8) is 0 Å². The van der Waals surface area contributed by atoms with Crippen molar-refractivity contribution in [3.8, 4) is 5.69 Å². The van der Waals surface area contributed by atoms with Crippen LogP contribution in [0.2, 0.25) is 0 Å². The summed E-state index contributed by atoms with van der Waals surface area (Å²) < 4.78 is 1.85. The van der Waals surface area contributed by atoms with Crippen LogP contribution in [0.25, 0.3) is 5.69 Å². The standard InChI is InChI=1S/C16H21N3O/c1-3-4-5-11-17-16(20)14-6-8-15(9-7-14)19-13(2)10-12-18-19/h6-10,12H,3-5,11H2,1-2H3,(H,17,20). The molecule has 1 aromatic heterocycles. The summed E-state index contributed by atoms with van der Waals surface area (Å²) in [6, 6.07) is 9.47. The number of carbonyl (C=O) groups excluding carboxylic acids is 1. The van der Waals surface area contributed by atoms with Gasteiger partial charge in [-0.15, -0.1) is 0 Å². The third kappa shape index (κ3) is 3.47. The Morgan fingerprint density at radius 1 is 1.20 bits per heavy atom. The van der Waals surface area contributed by atoms with Crippen LogP contribution in [0.4, 0.5) is 0 Å². The summed E-state index contributed by atoms with van der Waals surface area (Å²) in [5, 5.41) is 7.18. The summed E-state index contributed by atoms with van der Waals surface area (Å²) in [5.74, 6) is -0.00941. The van der Waals surface area contributed by atoms with E-state index < -0.39 is 0 Å². The molecule has 0 saturated heterocycles. The van der Waals surface area contributed by atoms with Gasteiger partial charge in [0.15, 0.2) is 0 Å². The Morgan fingerprint density at radius 2 is 1.95 bits per heavy atom. The molecule has 0 fully saturated rings. The molecule has 1 N–H and O–H groups in total. The molecule has 4 heteroatoms. The number of aryl methyl sites for hydroxylation is 1. The normalized spacial score (nSPS) is 10.5. The van der Waals surface area contributed by atoms with Crippen molar-refractivity contribution in [1.82, 2.24) is 15.1 Å². The zero-order valence-corrected chi connectivity index (χ0v) is 12.1. The molecule has 0 spiro atoms. The lowest BCUT2D eigenvalue weighted by atomic mass is 10.2. The van der Waals surface area contributed by atoms with E-state index in [9.17, 15) is 4.79 Å². The average molecular weight is 271 g/mol. The Balaban J connectivity index is 1.98. The topological polar surface area (TPSA) is 46.9 Å². The summed E-state index contributed by atoms with van der Waals surface area (Å²) in [6.07, 6.45) is 5.11. The number of hydrogen-bond acceptors (Lipinski definition) is 2. The molecule has 1 amide bonds. The SMILES string of the molecule is CCCCCNC(=O)c1ccc(-n2nccc2C)cc1. The van der Waals surface area contributed by atoms with Crippen molar-refractivity contribution in [2.45, 2.75) is 33.1 Å². The van der Waals surface area contributed by atoms with Crippen molar-refractivity contribution < 1.29 is 4.79 Å². The summed E-state index contributed by atoms with van der Waals surface area (Å²) in [6.45, 7) is 4.89. The monoisotopic (exact) mass is 271 g/mol. The first kappa shape index (κ1) is 14.3. The van der Waals surface area contributed by atoms with Crippen LogP contribution in [-0.4, -0.2) is 22.2 Å². The van der Waals surface area contributed by atoms with E-state index in [0.29, 0.717) is 5.56 Å². The summed E-state index contributed by atoms with van der Waals surface area (Å²) in [7, 11) is 0. The lowest BCUT2D eigenvalue weighted by Crippen LogP contribution is -2.24. The Bertz CT molecular complexity index is 557. The Labute approximate surface area is 119 Å². The first-order chi connectivity index (χ1) is 9.72. The van der Waals surface area contributed by atoms with Gasteiger partial charge in [0.25, 0.3) is 5.91 Å². The highest BCUT2D eigenvalue weighted by atomic mass is 16.1. The van der Waals surface area contributed by atoms with Crippen LogP contribution in [-0.2, 0) is 0 Å². The molecule has 0 atom stereocenters. The number of aromatic nitrogens is 2. The van der Waals surface area contributed by atoms with Crippen LogP contribution in [0, 0.1) is 6.92 Å². The highest BCUT2D eigenvalue weighted by Gasteiger charge is 2.06. The molecule has 0 unspecified atom stereocenters. The van der Waals surface area contributed by atoms with Crippen molar-refractivity contribution in [2.24, 2.45) is 0 Å². The predicted octanol–water partition coefficient (Wildman–Crippen LogP) is 3.10. The lowest BCUT2D eigenvalue weighted by Gasteiger charge is -2.07. The summed E-state index contributed by atoms with van der Waals surface area (Å²) >= 11 is 0. The molecule has 0 aliphatic carbocycles. The average Bonchev–Trinajstić information content (AvgIpc) is 2.90. The minimum absolute atomic E-state index is 0.00941. The minimum Gasteiger partial charge on any atom is -0.352 e. The van der Waals surface area contributed by atoms with Gasteiger partial charge in [0.2, 0.25) is 0 Å². The number of amides is 1. The van der Waals surface area contributed by atoms with E-state index in [1.165, 1.54) is 0 Å². The van der Waals surface area contributed by atoms with Crippen LogP contribution < -0.4 is 5.32 Å². The second-order valence-corrected chi connectivity index (χ2v) is 4.89. The molecule has 0 aliphatic rings. The quantitative estimate of drug-likeness (QED) is 0.821. The van der Waals surface area contributed by atoms with Gasteiger partial charge in [0, 0.05) is 24.0 Å². The van der Waals surface area contributed by atoms with Crippen molar-refractivity contribution >= 4 is 5.91 Å². The van der Waals surface area contributed by atoms with Crippen molar-refractivity contribution in [2.75, 3.05) is 6.54 Å². The second kappa shape index (κ2) is 6.89. The Hall–Kier alpha value is -2.10. The van der Waals surface area contributed by atoms with E-state index in [2.05, 4.69) is 17.3 Å². The highest BCUT2D eigenvalue weighted by Crippen LogP contribution is 2.11. The molecule has 0 aliphatic heterocycles. The summed E-state index contributed by atoms with van der Waals surface area (Å²) in [4.78, 5) is 11.9. The van der Waals surface area contributed by atoms with E-state index in [-0.39, 0.29) is 5.91 Å². The number of nitrogens with one attached hydrogen (secondary N) is 1. The van der Waals surface area contributed by atoms with Gasteiger partial charge in [-0.2, -0.15) is 5.10 Å². The Morgan fingerprint density at radius 3 is 2.55 bits per heavy atom. The van der Waals surface area contributed by atoms with E-state index in [1.54, 1.807) is 6.20 Å². The van der Waals surface area contributed by atoms with E-state index in [1.807, 2.05) is 41.9 Å². The maximum Gasteiger partial charge on any atom is 0.251 e. The van der Waals surface area contributed by atoms with Gasteiger partial charge in [-0.25, -0.2) is 4.68 Å². The lowest BCUT2D eigenvalue weighted by molar-refractivity contribution is 0.0953. The molecular formula is C16H21N3O. The molecule has 20 heavy (non-hydrogen) atoms. The largest absolute Gasteiger partial charge is 0.352 e. The molecule has 0 radical (unpaired) electrons. The maximum atomic E-state index is 11.9. The number of unbranched alkanes of at least 4 members (excludes halogenated alkanes) is 2. The third-order valence-corrected chi connectivity index (χ3v) is 3.27. The van der Waals surface area contributed by atoms with Gasteiger partial charge in [0.1, 0.15) is 0 Å². The van der Waals surface area contributed by atoms with E-state index in [4.69, 9.17) is 0 Å². The molecule has 2 aromatic rings. The molecule has 2 rings (SSSR count). The van der Waals surface area contributed by atoms with Gasteiger partial charge >= 0.3 is 0 Å². The maximum absolute atomic E-state index is 11.9. The van der Waals surface area contributed by atoms with Crippen molar-refractivity contribution in [1.29, 1.82) is 0 Å². The van der Waals surface area contributed by atoms with Gasteiger partial charge in [-0.3, -0.25) is 4.79 Å². The molecule has 1 heterocycles. The van der Waals surface area contributed by atoms with Crippen LogP contribution in [0.1, 0.15) is 42.2 Å². The predicted molar refractivity (Wildman–Crippen MR) is 80.2 cm³/mol. The fraction of sp³-hybridized carbons (Fsp3) is 0.375. The molecule has 0 bridgehead atoms. The number of nitrogens with zero attached hydrogens (tertiary/aromatic N) is 2. The van der Waals surface area contributed by atoms with Crippen LogP contribution in [0.5, 0.6) is 0 Å². The molecule has 106 valence electrons. The first-order valence-electron chi connectivity index (χ1n) is 7.11. The van der Waals surface area contributed by atoms with E-state index >= 15 is 0 Å². The van der Waals surface area contributed by atoms with Gasteiger partial charge in [0.05, 0.1) is 5.69 Å². The number of carbonyl (C=O) groups is 1. The molecule has 4 nitrogen and oxygen atoms in total. The summed E-state index contributed by atoms with van der Waals surface area (Å²) in [5.41, 5.74) is 2.73. The minimum atomic E-state index is -0.00941. The van der Waals surface area contributed by atoms with Gasteiger partial charge < -0.3 is 5.32 Å². The fourth-order valence-electron chi connectivity index (χ4n) is 2.07. The number of benzene rings is 1. The molecule has 1 aromatic carbocycles. The third-order valence-electron chi connectivity index (χ3n) is 3.27. The van der Waals surface area contributed by atoms with Gasteiger partial charge in [-0.05, 0) is 43.7 Å². The number of hydrogen-bond donors (Lipinski definition) is 1. The fourth-order valence-corrected chi connectivity index (χ4v) is 2.07. The van der Waals surface area contributed by atoms with Crippen LogP contribution in [0.3, 0.4) is 0 Å². The van der Waals surface area contributed by atoms with Crippen molar-refractivity contribution in [3.05, 3.63) is 47.8 Å². The second-order valence-electron chi connectivity index (χ2n) is 4.89. The van der Waals surface area contributed by atoms with Crippen LogP contribution in [0.15, 0.2) is 36.5 Å². The first-order valence-corrected chi connectivity index (χ1v) is 7.11. The zero-order valence-electron chi connectivity index (χ0n) is 12.1. The van der Waals surface area contributed by atoms with E-state index in [0.717, 1.165) is 37.2 Å². The zero-order chi connectivity index (χ0) is 14.4. The highest BCUT2D eigenvalue weighted by molar-refractivity contribution is 5.94. The number of rotatable bonds is 6. The van der Waals surface area contributed by atoms with Gasteiger partial charge in [-0.1, -0.05) is 19.8 Å². The smallest absolute Gasteiger partial charge is 0.251 e. The molecule has 0 saturated carbocycles. The van der Waals surface area contributed by atoms with Crippen LogP contribution >= 0.6 is 0 Å². The molecular weight excluding hydrogens is 250 g/mol. The Kier molecular flexibility index (Phi) is 4.93.